The van der Waals surface area contributed by atoms with Crippen LogP contribution in [0.1, 0.15) is 11.1 Å². The van der Waals surface area contributed by atoms with Gasteiger partial charge in [0.15, 0.2) is 6.54 Å². The molecule has 0 aromatic heterocycles. The van der Waals surface area contributed by atoms with Gasteiger partial charge in [-0.3, -0.25) is 14.9 Å². The highest BCUT2D eigenvalue weighted by Crippen LogP contribution is 2.16. The van der Waals surface area contributed by atoms with E-state index in [0.29, 0.717) is 31.7 Å². The zero-order chi connectivity index (χ0) is 22.4. The molecule has 1 fully saturated rings. The Morgan fingerprint density at radius 3 is 2.35 bits per heavy atom. The van der Waals surface area contributed by atoms with Crippen molar-refractivity contribution < 1.29 is 23.0 Å². The normalized spacial score (nSPS) is 15.8. The van der Waals surface area contributed by atoms with Crippen LogP contribution < -0.4 is 10.3 Å². The number of nitro benzene ring substituents is 1. The highest BCUT2D eigenvalue weighted by atomic mass is 32.2. The van der Waals surface area contributed by atoms with E-state index in [2.05, 4.69) is 10.5 Å². The van der Waals surface area contributed by atoms with E-state index in [9.17, 15) is 23.3 Å². The lowest BCUT2D eigenvalue weighted by molar-refractivity contribution is -0.895. The standard InChI is InChI=1S/C20H23N5O5S/c1-16-2-8-19(9-3-16)31(29,30)24-12-10-23(11-13-24)15-20(26)22-21-14-17-4-6-18(7-5-17)25(27)28/h2-9,14H,10-13,15H2,1H3,(H,22,26)/p+1. The maximum absolute atomic E-state index is 12.7. The molecule has 0 radical (unpaired) electrons. The molecule has 1 aliphatic heterocycles. The van der Waals surface area contributed by atoms with Gasteiger partial charge in [0, 0.05) is 12.1 Å². The van der Waals surface area contributed by atoms with Crippen molar-refractivity contribution in [3.05, 3.63) is 69.8 Å². The molecule has 0 saturated carbocycles. The predicted molar refractivity (Wildman–Crippen MR) is 114 cm³/mol. The number of non-ortho nitro benzene ring substituents is 1. The molecule has 10 nitrogen and oxygen atoms in total. The van der Waals surface area contributed by atoms with Crippen molar-refractivity contribution in [3.8, 4) is 0 Å². The van der Waals surface area contributed by atoms with Crippen LogP contribution in [0.15, 0.2) is 58.5 Å². The summed E-state index contributed by atoms with van der Waals surface area (Å²) in [6, 6.07) is 12.6. The number of carbonyl (C=O) groups excluding carboxylic acids is 1. The second-order valence-electron chi connectivity index (χ2n) is 7.29. The van der Waals surface area contributed by atoms with Gasteiger partial charge in [-0.15, -0.1) is 0 Å². The summed E-state index contributed by atoms with van der Waals surface area (Å²) in [5, 5.41) is 14.5. The molecule has 31 heavy (non-hydrogen) atoms. The van der Waals surface area contributed by atoms with Crippen molar-refractivity contribution in [1.29, 1.82) is 0 Å². The van der Waals surface area contributed by atoms with E-state index < -0.39 is 14.9 Å². The third-order valence-electron chi connectivity index (χ3n) is 5.01. The molecule has 3 rings (SSSR count). The Labute approximate surface area is 180 Å². The topological polar surface area (TPSA) is 126 Å². The van der Waals surface area contributed by atoms with E-state index in [4.69, 9.17) is 0 Å². The molecule has 0 spiro atoms. The molecule has 1 aliphatic rings. The number of hydrazone groups is 1. The molecule has 11 heteroatoms. The van der Waals surface area contributed by atoms with Gasteiger partial charge >= 0.3 is 0 Å². The number of piperazine rings is 1. The highest BCUT2D eigenvalue weighted by molar-refractivity contribution is 7.89. The Bertz CT molecular complexity index is 1060. The molecule has 2 N–H and O–H groups in total. The summed E-state index contributed by atoms with van der Waals surface area (Å²) < 4.78 is 26.9. The van der Waals surface area contributed by atoms with Gasteiger partial charge in [0.05, 0.1) is 42.2 Å². The Kier molecular flexibility index (Phi) is 7.10. The van der Waals surface area contributed by atoms with Crippen LogP contribution >= 0.6 is 0 Å². The van der Waals surface area contributed by atoms with Crippen molar-refractivity contribution in [2.24, 2.45) is 5.10 Å². The molecular formula is C20H24N5O5S+. The van der Waals surface area contributed by atoms with Crippen LogP contribution in [0, 0.1) is 17.0 Å². The second kappa shape index (κ2) is 9.77. The largest absolute Gasteiger partial charge is 0.325 e. The first-order valence-corrected chi connectivity index (χ1v) is 11.2. The molecular weight excluding hydrogens is 422 g/mol. The quantitative estimate of drug-likeness (QED) is 0.350. The maximum atomic E-state index is 12.7. The number of quaternary nitrogens is 1. The van der Waals surface area contributed by atoms with Crippen LogP contribution in [-0.2, 0) is 14.8 Å². The van der Waals surface area contributed by atoms with Gasteiger partial charge < -0.3 is 4.90 Å². The van der Waals surface area contributed by atoms with Crippen LogP contribution in [0.5, 0.6) is 0 Å². The van der Waals surface area contributed by atoms with Crippen molar-refractivity contribution in [2.45, 2.75) is 11.8 Å². The molecule has 1 amide bonds. The van der Waals surface area contributed by atoms with E-state index in [1.54, 1.807) is 24.3 Å². The van der Waals surface area contributed by atoms with E-state index >= 15 is 0 Å². The number of hydrogen-bond donors (Lipinski definition) is 2. The molecule has 0 atom stereocenters. The van der Waals surface area contributed by atoms with Crippen LogP contribution in [0.2, 0.25) is 0 Å². The van der Waals surface area contributed by atoms with Gasteiger partial charge in [-0.05, 0) is 36.8 Å². The van der Waals surface area contributed by atoms with Gasteiger partial charge in [-0.1, -0.05) is 17.7 Å². The van der Waals surface area contributed by atoms with Crippen LogP contribution in [0.4, 0.5) is 5.69 Å². The number of carbonyl (C=O) groups is 1. The lowest BCUT2D eigenvalue weighted by atomic mass is 10.2. The van der Waals surface area contributed by atoms with Gasteiger partial charge in [0.25, 0.3) is 11.6 Å². The molecule has 0 unspecified atom stereocenters. The van der Waals surface area contributed by atoms with Crippen molar-refractivity contribution in [2.75, 3.05) is 32.7 Å². The molecule has 0 aliphatic carbocycles. The maximum Gasteiger partial charge on any atom is 0.295 e. The smallest absolute Gasteiger partial charge is 0.295 e. The minimum absolute atomic E-state index is 0.0201. The fourth-order valence-corrected chi connectivity index (χ4v) is 4.65. The number of hydrogen-bond acceptors (Lipinski definition) is 6. The van der Waals surface area contributed by atoms with Crippen LogP contribution in [-0.4, -0.2) is 62.5 Å². The van der Waals surface area contributed by atoms with Crippen molar-refractivity contribution in [3.63, 3.8) is 0 Å². The molecule has 1 saturated heterocycles. The number of nitrogens with zero attached hydrogens (tertiary/aromatic N) is 3. The first-order chi connectivity index (χ1) is 14.8. The molecule has 164 valence electrons. The van der Waals surface area contributed by atoms with E-state index in [-0.39, 0.29) is 23.0 Å². The number of sulfonamides is 1. The number of nitrogens with one attached hydrogen (secondary N) is 2. The minimum atomic E-state index is -3.53. The second-order valence-corrected chi connectivity index (χ2v) is 9.22. The monoisotopic (exact) mass is 446 g/mol. The third-order valence-corrected chi connectivity index (χ3v) is 6.92. The summed E-state index contributed by atoms with van der Waals surface area (Å²) in [5.74, 6) is -0.289. The summed E-state index contributed by atoms with van der Waals surface area (Å²) in [7, 11) is -3.53. The van der Waals surface area contributed by atoms with Crippen molar-refractivity contribution >= 4 is 27.8 Å². The van der Waals surface area contributed by atoms with Crippen molar-refractivity contribution in [1.82, 2.24) is 9.73 Å². The minimum Gasteiger partial charge on any atom is -0.325 e. The van der Waals surface area contributed by atoms with Gasteiger partial charge in [0.1, 0.15) is 0 Å². The van der Waals surface area contributed by atoms with Gasteiger partial charge in [-0.2, -0.15) is 9.41 Å². The number of rotatable bonds is 7. The molecule has 1 heterocycles. The Hall–Kier alpha value is -3.15. The SMILES string of the molecule is Cc1ccc(S(=O)(=O)N2CC[NH+](CC(=O)NN=Cc3ccc([N+](=O)[O-])cc3)CC2)cc1. The summed E-state index contributed by atoms with van der Waals surface area (Å²) >= 11 is 0. The fraction of sp³-hybridized carbons (Fsp3) is 0.300. The summed E-state index contributed by atoms with van der Waals surface area (Å²) in [4.78, 5) is 23.5. The summed E-state index contributed by atoms with van der Waals surface area (Å²) in [6.45, 7) is 3.79. The Balaban J connectivity index is 1.46. The number of aryl methyl sites for hydroxylation is 1. The van der Waals surface area contributed by atoms with Crippen LogP contribution in [0.3, 0.4) is 0 Å². The number of benzene rings is 2. The third kappa shape index (κ3) is 5.94. The summed E-state index contributed by atoms with van der Waals surface area (Å²) in [6.07, 6.45) is 1.41. The lowest BCUT2D eigenvalue weighted by Crippen LogP contribution is -3.15. The van der Waals surface area contributed by atoms with E-state index in [1.165, 1.54) is 34.8 Å². The average Bonchev–Trinajstić information content (AvgIpc) is 2.75. The zero-order valence-electron chi connectivity index (χ0n) is 17.0. The highest BCUT2D eigenvalue weighted by Gasteiger charge is 2.31. The predicted octanol–water partition coefficient (Wildman–Crippen LogP) is -0.0573. The van der Waals surface area contributed by atoms with Gasteiger partial charge in [-0.25, -0.2) is 13.8 Å². The lowest BCUT2D eigenvalue weighted by Gasteiger charge is -2.31. The zero-order valence-corrected chi connectivity index (χ0v) is 17.8. The number of nitro groups is 1. The Morgan fingerprint density at radius 1 is 1.16 bits per heavy atom. The van der Waals surface area contributed by atoms with Gasteiger partial charge in [0.2, 0.25) is 10.0 Å². The van der Waals surface area contributed by atoms with E-state index in [1.807, 2.05) is 6.92 Å². The van der Waals surface area contributed by atoms with Crippen LogP contribution in [0.25, 0.3) is 0 Å². The summed E-state index contributed by atoms with van der Waals surface area (Å²) in [5.41, 5.74) is 4.03. The molecule has 2 aromatic rings. The fourth-order valence-electron chi connectivity index (χ4n) is 3.21. The number of amides is 1. The van der Waals surface area contributed by atoms with E-state index in [0.717, 1.165) is 10.5 Å². The first kappa shape index (κ1) is 22.5. The Morgan fingerprint density at radius 2 is 1.77 bits per heavy atom. The molecule has 2 aromatic carbocycles. The average molecular weight is 447 g/mol. The first-order valence-electron chi connectivity index (χ1n) is 9.72. The molecule has 0 bridgehead atoms.